The van der Waals surface area contributed by atoms with Gasteiger partial charge in [-0.15, -0.1) is 23.1 Å². The molecule has 0 atom stereocenters. The predicted octanol–water partition coefficient (Wildman–Crippen LogP) is 2.02. The molecule has 2 rings (SSSR count). The number of carbonyl (C=O) groups is 3. The van der Waals surface area contributed by atoms with Crippen molar-refractivity contribution in [2.24, 2.45) is 0 Å². The Balaban J connectivity index is 1.64. The summed E-state index contributed by atoms with van der Waals surface area (Å²) in [6, 6.07) is 9.18. The fourth-order valence-corrected chi connectivity index (χ4v) is 2.85. The highest BCUT2D eigenvalue weighted by molar-refractivity contribution is 8.00. The van der Waals surface area contributed by atoms with Gasteiger partial charge in [-0.1, -0.05) is 18.2 Å². The molecule has 0 unspecified atom stereocenters. The molecule has 9 heteroatoms. The van der Waals surface area contributed by atoms with Gasteiger partial charge in [-0.05, 0) is 23.6 Å². The smallest absolute Gasteiger partial charge is 0.279 e. The summed E-state index contributed by atoms with van der Waals surface area (Å²) in [5, 5.41) is 4.17. The molecule has 0 saturated carbocycles. The highest BCUT2D eigenvalue weighted by Gasteiger charge is 2.10. The molecule has 0 spiro atoms. The van der Waals surface area contributed by atoms with E-state index >= 15 is 0 Å². The molecule has 1 aromatic carbocycles. The molecular weight excluding hydrogens is 353 g/mol. The Morgan fingerprint density at radius 2 is 1.75 bits per heavy atom. The van der Waals surface area contributed by atoms with E-state index in [9.17, 15) is 18.8 Å². The number of anilines is 1. The van der Waals surface area contributed by atoms with E-state index in [1.165, 1.54) is 29.5 Å². The number of benzene rings is 1. The van der Waals surface area contributed by atoms with E-state index in [2.05, 4.69) is 16.2 Å². The van der Waals surface area contributed by atoms with Crippen LogP contribution in [0.15, 0.2) is 41.8 Å². The molecule has 2 aromatic rings. The van der Waals surface area contributed by atoms with Gasteiger partial charge in [0.1, 0.15) is 5.82 Å². The van der Waals surface area contributed by atoms with Crippen LogP contribution in [0.4, 0.5) is 10.1 Å². The lowest BCUT2D eigenvalue weighted by molar-refractivity contribution is -0.119. The summed E-state index contributed by atoms with van der Waals surface area (Å²) in [6.45, 7) is 0. The standard InChI is InChI=1S/C15H14FN3O3S2/c16-10-4-1-2-5-11(10)17-13(20)8-23-9-14(21)18-19-15(22)12-6-3-7-24-12/h1-7H,8-9H2,(H,17,20)(H,18,21)(H,19,22). The van der Waals surface area contributed by atoms with Gasteiger partial charge in [-0.2, -0.15) is 0 Å². The molecule has 0 aliphatic heterocycles. The van der Waals surface area contributed by atoms with E-state index in [4.69, 9.17) is 0 Å². The first kappa shape index (κ1) is 18.0. The fourth-order valence-electron chi connectivity index (χ4n) is 1.62. The molecule has 3 N–H and O–H groups in total. The van der Waals surface area contributed by atoms with Crippen molar-refractivity contribution in [1.29, 1.82) is 0 Å². The number of rotatable bonds is 6. The lowest BCUT2D eigenvalue weighted by Gasteiger charge is -2.07. The summed E-state index contributed by atoms with van der Waals surface area (Å²) in [4.78, 5) is 35.3. The minimum atomic E-state index is -0.523. The largest absolute Gasteiger partial charge is 0.323 e. The van der Waals surface area contributed by atoms with Crippen molar-refractivity contribution in [2.45, 2.75) is 0 Å². The van der Waals surface area contributed by atoms with Crippen LogP contribution in [0, 0.1) is 5.82 Å². The number of nitrogens with one attached hydrogen (secondary N) is 3. The van der Waals surface area contributed by atoms with Crippen molar-refractivity contribution in [3.05, 3.63) is 52.5 Å². The lowest BCUT2D eigenvalue weighted by Crippen LogP contribution is -2.42. The molecule has 0 fully saturated rings. The van der Waals surface area contributed by atoms with Crippen LogP contribution >= 0.6 is 23.1 Å². The Morgan fingerprint density at radius 1 is 1.00 bits per heavy atom. The van der Waals surface area contributed by atoms with Gasteiger partial charge in [0.05, 0.1) is 22.1 Å². The Bertz CT molecular complexity index is 723. The number of hydrazine groups is 1. The third-order valence-electron chi connectivity index (χ3n) is 2.67. The molecule has 0 aliphatic rings. The van der Waals surface area contributed by atoms with Gasteiger partial charge in [-0.25, -0.2) is 4.39 Å². The number of halogens is 1. The number of hydrogen-bond donors (Lipinski definition) is 3. The summed E-state index contributed by atoms with van der Waals surface area (Å²) in [5.41, 5.74) is 4.63. The molecule has 1 heterocycles. The average molecular weight is 367 g/mol. The lowest BCUT2D eigenvalue weighted by atomic mass is 10.3. The normalized spacial score (nSPS) is 10.0. The monoisotopic (exact) mass is 367 g/mol. The van der Waals surface area contributed by atoms with E-state index in [0.717, 1.165) is 11.8 Å². The SMILES string of the molecule is O=C(CSCC(=O)Nc1ccccc1F)NNC(=O)c1cccs1. The van der Waals surface area contributed by atoms with Crippen LogP contribution in [-0.4, -0.2) is 29.2 Å². The van der Waals surface area contributed by atoms with Crippen molar-refractivity contribution >= 4 is 46.5 Å². The zero-order valence-corrected chi connectivity index (χ0v) is 14.0. The molecule has 126 valence electrons. The molecule has 0 aliphatic carbocycles. The number of thiophene rings is 1. The van der Waals surface area contributed by atoms with Crippen LogP contribution in [0.2, 0.25) is 0 Å². The van der Waals surface area contributed by atoms with Crippen LogP contribution in [0.25, 0.3) is 0 Å². The third-order valence-corrected chi connectivity index (χ3v) is 4.48. The first-order valence-corrected chi connectivity index (χ1v) is 8.84. The van der Waals surface area contributed by atoms with Crippen LogP contribution in [-0.2, 0) is 9.59 Å². The molecule has 0 bridgehead atoms. The van der Waals surface area contributed by atoms with Gasteiger partial charge in [0.15, 0.2) is 0 Å². The van der Waals surface area contributed by atoms with Gasteiger partial charge < -0.3 is 5.32 Å². The Labute approximate surface area is 145 Å². The minimum absolute atomic E-state index is 0.0133. The number of para-hydroxylation sites is 1. The van der Waals surface area contributed by atoms with Gasteiger partial charge >= 0.3 is 0 Å². The second-order valence-electron chi connectivity index (χ2n) is 4.50. The second kappa shape index (κ2) is 9.04. The molecule has 3 amide bonds. The Kier molecular flexibility index (Phi) is 6.76. The number of hydrogen-bond acceptors (Lipinski definition) is 5. The molecule has 0 saturated heterocycles. The second-order valence-corrected chi connectivity index (χ2v) is 6.43. The van der Waals surface area contributed by atoms with E-state index in [1.807, 2.05) is 0 Å². The summed E-state index contributed by atoms with van der Waals surface area (Å²) < 4.78 is 13.4. The average Bonchev–Trinajstić information content (AvgIpc) is 3.09. The fraction of sp³-hybridized carbons (Fsp3) is 0.133. The van der Waals surface area contributed by atoms with Gasteiger partial charge in [0, 0.05) is 0 Å². The van der Waals surface area contributed by atoms with Gasteiger partial charge in [0.2, 0.25) is 11.8 Å². The first-order chi connectivity index (χ1) is 11.6. The highest BCUT2D eigenvalue weighted by atomic mass is 32.2. The number of thioether (sulfide) groups is 1. The predicted molar refractivity (Wildman–Crippen MR) is 92.3 cm³/mol. The molecular formula is C15H14FN3O3S2. The van der Waals surface area contributed by atoms with Crippen molar-refractivity contribution in [3.8, 4) is 0 Å². The minimum Gasteiger partial charge on any atom is -0.323 e. The maximum atomic E-state index is 13.4. The van der Waals surface area contributed by atoms with E-state index in [0.29, 0.717) is 4.88 Å². The third kappa shape index (κ3) is 5.67. The number of amides is 3. The quantitative estimate of drug-likeness (QED) is 0.682. The van der Waals surface area contributed by atoms with Gasteiger partial charge in [0.25, 0.3) is 5.91 Å². The maximum Gasteiger partial charge on any atom is 0.279 e. The van der Waals surface area contributed by atoms with Crippen molar-refractivity contribution in [1.82, 2.24) is 10.9 Å². The topological polar surface area (TPSA) is 87.3 Å². The van der Waals surface area contributed by atoms with Crippen LogP contribution in [0.5, 0.6) is 0 Å². The highest BCUT2D eigenvalue weighted by Crippen LogP contribution is 2.13. The van der Waals surface area contributed by atoms with E-state index < -0.39 is 23.5 Å². The summed E-state index contributed by atoms with van der Waals surface area (Å²) >= 11 is 2.30. The molecule has 6 nitrogen and oxygen atoms in total. The van der Waals surface area contributed by atoms with E-state index in [-0.39, 0.29) is 17.2 Å². The van der Waals surface area contributed by atoms with Crippen molar-refractivity contribution < 1.29 is 18.8 Å². The Hall–Kier alpha value is -2.39. The maximum absolute atomic E-state index is 13.4. The Morgan fingerprint density at radius 3 is 2.46 bits per heavy atom. The number of carbonyl (C=O) groups excluding carboxylic acids is 3. The zero-order chi connectivity index (χ0) is 17.4. The zero-order valence-electron chi connectivity index (χ0n) is 12.4. The van der Waals surface area contributed by atoms with Crippen LogP contribution in [0.1, 0.15) is 9.67 Å². The molecule has 0 radical (unpaired) electrons. The van der Waals surface area contributed by atoms with Crippen molar-refractivity contribution in [2.75, 3.05) is 16.8 Å². The van der Waals surface area contributed by atoms with Crippen molar-refractivity contribution in [3.63, 3.8) is 0 Å². The van der Waals surface area contributed by atoms with Gasteiger partial charge in [-0.3, -0.25) is 25.2 Å². The van der Waals surface area contributed by atoms with E-state index in [1.54, 1.807) is 23.6 Å². The summed E-state index contributed by atoms with van der Waals surface area (Å²) in [6.07, 6.45) is 0. The van der Waals surface area contributed by atoms with Crippen LogP contribution in [0.3, 0.4) is 0 Å². The molecule has 1 aromatic heterocycles. The summed E-state index contributed by atoms with van der Waals surface area (Å²) in [7, 11) is 0. The summed E-state index contributed by atoms with van der Waals surface area (Å²) in [5.74, 6) is -1.81. The molecule has 24 heavy (non-hydrogen) atoms. The van der Waals surface area contributed by atoms with Crippen LogP contribution < -0.4 is 16.2 Å². The first-order valence-electron chi connectivity index (χ1n) is 6.81.